The highest BCUT2D eigenvalue weighted by Crippen LogP contribution is 2.20. The maximum Gasteiger partial charge on any atom is 0.122 e. The Hall–Kier alpha value is -0.840. The lowest BCUT2D eigenvalue weighted by Gasteiger charge is -2.23. The molecule has 0 aromatic carbocycles. The number of hydrogen-bond acceptors (Lipinski definition) is 4. The Labute approximate surface area is 109 Å². The minimum atomic E-state index is 0.277. The zero-order valence-electron chi connectivity index (χ0n) is 11.6. The van der Waals surface area contributed by atoms with Crippen LogP contribution in [0.4, 0.5) is 0 Å². The molecule has 102 valence electrons. The molecule has 1 aromatic rings. The Bertz CT molecular complexity index is 338. The minimum Gasteiger partial charge on any atom is -0.468 e. The van der Waals surface area contributed by atoms with Crippen LogP contribution in [0.5, 0.6) is 0 Å². The van der Waals surface area contributed by atoms with Crippen molar-refractivity contribution in [2.75, 3.05) is 27.2 Å². The van der Waals surface area contributed by atoms with Gasteiger partial charge in [0.1, 0.15) is 5.76 Å². The topological polar surface area (TPSA) is 37.6 Å². The normalized spacial score (nSPS) is 25.8. The number of nitrogens with zero attached hydrogens (tertiary/aromatic N) is 1. The van der Waals surface area contributed by atoms with Crippen molar-refractivity contribution in [3.8, 4) is 0 Å². The van der Waals surface area contributed by atoms with Crippen molar-refractivity contribution in [3.63, 3.8) is 0 Å². The van der Waals surface area contributed by atoms with Gasteiger partial charge in [-0.15, -0.1) is 0 Å². The summed E-state index contributed by atoms with van der Waals surface area (Å²) in [7, 11) is 4.14. The van der Waals surface area contributed by atoms with Gasteiger partial charge in [-0.1, -0.05) is 0 Å². The molecule has 4 nitrogen and oxygen atoms in total. The summed E-state index contributed by atoms with van der Waals surface area (Å²) in [5.41, 5.74) is 0. The van der Waals surface area contributed by atoms with E-state index in [9.17, 15) is 0 Å². The van der Waals surface area contributed by atoms with Gasteiger partial charge < -0.3 is 14.5 Å². The second-order valence-corrected chi connectivity index (χ2v) is 5.30. The van der Waals surface area contributed by atoms with Crippen LogP contribution < -0.4 is 5.32 Å². The van der Waals surface area contributed by atoms with Gasteiger partial charge in [-0.3, -0.25) is 4.90 Å². The van der Waals surface area contributed by atoms with Crippen LogP contribution in [0.25, 0.3) is 0 Å². The van der Waals surface area contributed by atoms with E-state index in [1.54, 1.807) is 6.26 Å². The van der Waals surface area contributed by atoms with E-state index in [0.29, 0.717) is 12.2 Å². The van der Waals surface area contributed by atoms with Gasteiger partial charge in [-0.05, 0) is 46.0 Å². The first-order valence-corrected chi connectivity index (χ1v) is 6.73. The molecule has 0 radical (unpaired) electrons. The molecule has 2 heterocycles. The summed E-state index contributed by atoms with van der Waals surface area (Å²) < 4.78 is 11.3. The summed E-state index contributed by atoms with van der Waals surface area (Å²) in [5.74, 6) is 1.01. The number of nitrogens with one attached hydrogen (secondary N) is 1. The molecule has 0 amide bonds. The first-order valence-electron chi connectivity index (χ1n) is 6.73. The van der Waals surface area contributed by atoms with Gasteiger partial charge in [-0.2, -0.15) is 0 Å². The first-order chi connectivity index (χ1) is 8.66. The molecule has 1 aliphatic heterocycles. The molecule has 3 atom stereocenters. The second-order valence-electron chi connectivity index (χ2n) is 5.30. The van der Waals surface area contributed by atoms with E-state index in [0.717, 1.165) is 18.8 Å². The molecule has 4 heteroatoms. The molecular weight excluding hydrogens is 228 g/mol. The highest BCUT2D eigenvalue weighted by molar-refractivity contribution is 5.05. The Morgan fingerprint density at radius 3 is 2.83 bits per heavy atom. The average Bonchev–Trinajstić information content (AvgIpc) is 2.95. The Morgan fingerprint density at radius 1 is 1.44 bits per heavy atom. The molecule has 3 unspecified atom stereocenters. The molecule has 1 saturated heterocycles. The third kappa shape index (κ3) is 3.57. The summed E-state index contributed by atoms with van der Waals surface area (Å²) in [4.78, 5) is 2.17. The lowest BCUT2D eigenvalue weighted by Crippen LogP contribution is -2.35. The molecule has 1 aliphatic rings. The number of rotatable bonds is 6. The van der Waals surface area contributed by atoms with Crippen molar-refractivity contribution in [1.82, 2.24) is 10.2 Å². The molecule has 0 bridgehead atoms. The molecule has 1 aromatic heterocycles. The van der Waals surface area contributed by atoms with Crippen LogP contribution in [0.15, 0.2) is 22.8 Å². The lowest BCUT2D eigenvalue weighted by atomic mass is 10.2. The zero-order valence-corrected chi connectivity index (χ0v) is 11.6. The summed E-state index contributed by atoms with van der Waals surface area (Å²) in [6.07, 6.45) is 4.88. The van der Waals surface area contributed by atoms with Crippen LogP contribution in [0.3, 0.4) is 0 Å². The average molecular weight is 252 g/mol. The van der Waals surface area contributed by atoms with E-state index in [2.05, 4.69) is 31.2 Å². The monoisotopic (exact) mass is 252 g/mol. The van der Waals surface area contributed by atoms with E-state index in [1.165, 1.54) is 12.8 Å². The molecule has 18 heavy (non-hydrogen) atoms. The van der Waals surface area contributed by atoms with Crippen molar-refractivity contribution in [3.05, 3.63) is 24.2 Å². The van der Waals surface area contributed by atoms with E-state index in [4.69, 9.17) is 9.15 Å². The van der Waals surface area contributed by atoms with Gasteiger partial charge in [-0.25, -0.2) is 0 Å². The fraction of sp³-hybridized carbons (Fsp3) is 0.714. The van der Waals surface area contributed by atoms with Crippen molar-refractivity contribution in [2.45, 2.75) is 38.0 Å². The highest BCUT2D eigenvalue weighted by atomic mass is 16.5. The first kappa shape index (κ1) is 13.6. The minimum absolute atomic E-state index is 0.277. The number of hydrogen-bond donors (Lipinski definition) is 1. The highest BCUT2D eigenvalue weighted by Gasteiger charge is 2.22. The van der Waals surface area contributed by atoms with Gasteiger partial charge >= 0.3 is 0 Å². The quantitative estimate of drug-likeness (QED) is 0.840. The molecule has 1 fully saturated rings. The van der Waals surface area contributed by atoms with Crippen LogP contribution in [0, 0.1) is 0 Å². The molecule has 1 N–H and O–H groups in total. The van der Waals surface area contributed by atoms with E-state index < -0.39 is 0 Å². The van der Waals surface area contributed by atoms with E-state index >= 15 is 0 Å². The van der Waals surface area contributed by atoms with E-state index in [-0.39, 0.29) is 6.04 Å². The largest absolute Gasteiger partial charge is 0.468 e. The van der Waals surface area contributed by atoms with Crippen molar-refractivity contribution in [1.29, 1.82) is 0 Å². The maximum atomic E-state index is 5.79. The maximum absolute atomic E-state index is 5.79. The van der Waals surface area contributed by atoms with Gasteiger partial charge in [0.05, 0.1) is 24.5 Å². The van der Waals surface area contributed by atoms with Crippen molar-refractivity contribution in [2.24, 2.45) is 0 Å². The molecule has 0 spiro atoms. The summed E-state index contributed by atoms with van der Waals surface area (Å²) >= 11 is 0. The molecule has 2 rings (SSSR count). The third-order valence-electron chi connectivity index (χ3n) is 3.52. The Kier molecular flexibility index (Phi) is 4.80. The lowest BCUT2D eigenvalue weighted by molar-refractivity contribution is 0.0549. The third-order valence-corrected chi connectivity index (χ3v) is 3.52. The predicted molar refractivity (Wildman–Crippen MR) is 71.6 cm³/mol. The summed E-state index contributed by atoms with van der Waals surface area (Å²) in [6, 6.07) is 4.24. The van der Waals surface area contributed by atoms with E-state index in [1.807, 2.05) is 12.1 Å². The summed E-state index contributed by atoms with van der Waals surface area (Å²) in [6.45, 7) is 3.95. The Morgan fingerprint density at radius 2 is 2.28 bits per heavy atom. The van der Waals surface area contributed by atoms with Crippen LogP contribution in [-0.2, 0) is 4.74 Å². The fourth-order valence-electron chi connectivity index (χ4n) is 2.43. The van der Waals surface area contributed by atoms with Gasteiger partial charge in [0.15, 0.2) is 0 Å². The van der Waals surface area contributed by atoms with Crippen LogP contribution >= 0.6 is 0 Å². The van der Waals surface area contributed by atoms with Crippen molar-refractivity contribution < 1.29 is 9.15 Å². The van der Waals surface area contributed by atoms with Crippen LogP contribution in [-0.4, -0.2) is 44.3 Å². The number of ether oxygens (including phenoxy) is 1. The second kappa shape index (κ2) is 6.36. The van der Waals surface area contributed by atoms with Crippen LogP contribution in [0.2, 0.25) is 0 Å². The van der Waals surface area contributed by atoms with Crippen molar-refractivity contribution >= 4 is 0 Å². The molecule has 0 saturated carbocycles. The zero-order chi connectivity index (χ0) is 13.0. The van der Waals surface area contributed by atoms with Gasteiger partial charge in [0.2, 0.25) is 0 Å². The summed E-state index contributed by atoms with van der Waals surface area (Å²) in [5, 5.41) is 3.49. The fourth-order valence-corrected chi connectivity index (χ4v) is 2.43. The SMILES string of the molecule is CC1CCC(CNCC(c2ccco2)N(C)C)O1. The van der Waals surface area contributed by atoms with Gasteiger partial charge in [0.25, 0.3) is 0 Å². The number of likely N-dealkylation sites (N-methyl/N-ethyl adjacent to an activating group) is 1. The predicted octanol–water partition coefficient (Wildman–Crippen LogP) is 2.04. The smallest absolute Gasteiger partial charge is 0.122 e. The molecule has 0 aliphatic carbocycles. The van der Waals surface area contributed by atoms with Gasteiger partial charge in [0, 0.05) is 13.1 Å². The standard InChI is InChI=1S/C14H24N2O2/c1-11-6-7-12(18-11)9-15-10-13(16(2)3)14-5-4-8-17-14/h4-5,8,11-13,15H,6-7,9-10H2,1-3H3. The van der Waals surface area contributed by atoms with Crippen LogP contribution in [0.1, 0.15) is 31.6 Å². The number of furan rings is 1. The molecular formula is C14H24N2O2. The Balaban J connectivity index is 1.76.